The second-order valence-electron chi connectivity index (χ2n) is 3.23. The lowest BCUT2D eigenvalue weighted by atomic mass is 10.1. The number of rotatable bonds is 8. The number of methoxy groups -OCH3 is 1. The fourth-order valence-corrected chi connectivity index (χ4v) is 1.08. The molecule has 3 heteroatoms. The van der Waals surface area contributed by atoms with E-state index in [2.05, 4.69) is 12.2 Å². The lowest BCUT2D eigenvalue weighted by Crippen LogP contribution is -2.24. The third-order valence-corrected chi connectivity index (χ3v) is 1.85. The van der Waals surface area contributed by atoms with Crippen molar-refractivity contribution in [1.82, 2.24) is 5.32 Å². The lowest BCUT2D eigenvalue weighted by molar-refractivity contribution is 0.194. The molecule has 0 saturated heterocycles. The van der Waals surface area contributed by atoms with Crippen LogP contribution in [0.3, 0.4) is 0 Å². The Labute approximate surface area is 75.7 Å². The molecule has 3 N–H and O–H groups in total. The summed E-state index contributed by atoms with van der Waals surface area (Å²) in [7, 11) is 1.73. The molecule has 12 heavy (non-hydrogen) atoms. The minimum Gasteiger partial charge on any atom is -0.385 e. The molecule has 1 unspecified atom stereocenters. The Kier molecular flexibility index (Phi) is 8.88. The fraction of sp³-hybridized carbons (Fsp3) is 1.00. The van der Waals surface area contributed by atoms with Crippen molar-refractivity contribution >= 4 is 0 Å². The lowest BCUT2D eigenvalue weighted by Gasteiger charge is -2.10. The molecule has 0 rings (SSSR count). The van der Waals surface area contributed by atoms with Gasteiger partial charge < -0.3 is 15.8 Å². The predicted molar refractivity (Wildman–Crippen MR) is 52.2 cm³/mol. The van der Waals surface area contributed by atoms with Gasteiger partial charge in [0.15, 0.2) is 0 Å². The molecule has 3 nitrogen and oxygen atoms in total. The standard InChI is InChI=1S/C9H22N2O/c1-9(4-5-10)8-11-6-3-7-12-2/h9,11H,3-8,10H2,1-2H3. The normalized spacial score (nSPS) is 13.2. The van der Waals surface area contributed by atoms with Gasteiger partial charge in [-0.2, -0.15) is 0 Å². The quantitative estimate of drug-likeness (QED) is 0.530. The second kappa shape index (κ2) is 8.97. The summed E-state index contributed by atoms with van der Waals surface area (Å²) in [6.07, 6.45) is 2.20. The average Bonchev–Trinajstić information content (AvgIpc) is 2.05. The van der Waals surface area contributed by atoms with E-state index < -0.39 is 0 Å². The van der Waals surface area contributed by atoms with Crippen molar-refractivity contribution in [1.29, 1.82) is 0 Å². The molecule has 0 fully saturated rings. The van der Waals surface area contributed by atoms with Gasteiger partial charge in [-0.3, -0.25) is 0 Å². The SMILES string of the molecule is COCCCNCC(C)CCN. The first kappa shape index (κ1) is 11.9. The molecule has 1 atom stereocenters. The highest BCUT2D eigenvalue weighted by molar-refractivity contribution is 4.57. The summed E-state index contributed by atoms with van der Waals surface area (Å²) >= 11 is 0. The molecule has 0 aromatic heterocycles. The molecule has 74 valence electrons. The van der Waals surface area contributed by atoms with E-state index in [9.17, 15) is 0 Å². The van der Waals surface area contributed by atoms with Gasteiger partial charge in [0.1, 0.15) is 0 Å². The van der Waals surface area contributed by atoms with Crippen LogP contribution in [0.5, 0.6) is 0 Å². The van der Waals surface area contributed by atoms with Gasteiger partial charge in [0, 0.05) is 13.7 Å². The molecule has 0 bridgehead atoms. The molecular formula is C9H22N2O. The van der Waals surface area contributed by atoms with Crippen LogP contribution >= 0.6 is 0 Å². The Balaban J connectivity index is 2.97. The van der Waals surface area contributed by atoms with Crippen LogP contribution in [0.4, 0.5) is 0 Å². The van der Waals surface area contributed by atoms with Crippen molar-refractivity contribution in [3.8, 4) is 0 Å². The van der Waals surface area contributed by atoms with Gasteiger partial charge in [0.05, 0.1) is 0 Å². The highest BCUT2D eigenvalue weighted by Gasteiger charge is 1.98. The van der Waals surface area contributed by atoms with Gasteiger partial charge in [-0.15, -0.1) is 0 Å². The van der Waals surface area contributed by atoms with E-state index in [0.717, 1.165) is 39.1 Å². The van der Waals surface area contributed by atoms with Gasteiger partial charge in [-0.05, 0) is 38.4 Å². The van der Waals surface area contributed by atoms with Crippen molar-refractivity contribution in [3.63, 3.8) is 0 Å². The monoisotopic (exact) mass is 174 g/mol. The van der Waals surface area contributed by atoms with Gasteiger partial charge in [0.2, 0.25) is 0 Å². The van der Waals surface area contributed by atoms with E-state index in [0.29, 0.717) is 5.92 Å². The number of ether oxygens (including phenoxy) is 1. The summed E-state index contributed by atoms with van der Waals surface area (Å²) in [4.78, 5) is 0. The number of hydrogen-bond donors (Lipinski definition) is 2. The molecular weight excluding hydrogens is 152 g/mol. The van der Waals surface area contributed by atoms with Crippen LogP contribution in [0.1, 0.15) is 19.8 Å². The minimum absolute atomic E-state index is 0.692. The Bertz CT molecular complexity index is 88.6. The zero-order chi connectivity index (χ0) is 9.23. The van der Waals surface area contributed by atoms with Crippen molar-refractivity contribution in [2.45, 2.75) is 19.8 Å². The van der Waals surface area contributed by atoms with E-state index in [1.807, 2.05) is 0 Å². The molecule has 0 radical (unpaired) electrons. The number of hydrogen-bond acceptors (Lipinski definition) is 3. The Hall–Kier alpha value is -0.120. The first-order chi connectivity index (χ1) is 5.81. The summed E-state index contributed by atoms with van der Waals surface area (Å²) in [6.45, 7) is 5.97. The third-order valence-electron chi connectivity index (χ3n) is 1.85. The van der Waals surface area contributed by atoms with Crippen molar-refractivity contribution < 1.29 is 4.74 Å². The van der Waals surface area contributed by atoms with E-state index >= 15 is 0 Å². The maximum absolute atomic E-state index is 5.43. The van der Waals surface area contributed by atoms with E-state index in [1.165, 1.54) is 0 Å². The highest BCUT2D eigenvalue weighted by atomic mass is 16.5. The van der Waals surface area contributed by atoms with Gasteiger partial charge >= 0.3 is 0 Å². The predicted octanol–water partition coefficient (Wildman–Crippen LogP) is 0.597. The zero-order valence-corrected chi connectivity index (χ0v) is 8.31. The van der Waals surface area contributed by atoms with E-state index in [-0.39, 0.29) is 0 Å². The van der Waals surface area contributed by atoms with Crippen molar-refractivity contribution in [2.75, 3.05) is 33.4 Å². The largest absolute Gasteiger partial charge is 0.385 e. The topological polar surface area (TPSA) is 47.3 Å². The second-order valence-corrected chi connectivity index (χ2v) is 3.23. The first-order valence-corrected chi connectivity index (χ1v) is 4.71. The number of nitrogens with one attached hydrogen (secondary N) is 1. The molecule has 0 aliphatic rings. The van der Waals surface area contributed by atoms with Crippen LogP contribution in [0.25, 0.3) is 0 Å². The molecule has 0 aliphatic heterocycles. The maximum Gasteiger partial charge on any atom is 0.0474 e. The Morgan fingerprint density at radius 2 is 2.25 bits per heavy atom. The van der Waals surface area contributed by atoms with Crippen LogP contribution in [0.15, 0.2) is 0 Å². The average molecular weight is 174 g/mol. The molecule has 0 saturated carbocycles. The molecule has 0 aromatic rings. The van der Waals surface area contributed by atoms with Gasteiger partial charge in [0.25, 0.3) is 0 Å². The van der Waals surface area contributed by atoms with Gasteiger partial charge in [-0.25, -0.2) is 0 Å². The zero-order valence-electron chi connectivity index (χ0n) is 8.31. The third kappa shape index (κ3) is 7.98. The smallest absolute Gasteiger partial charge is 0.0474 e. The van der Waals surface area contributed by atoms with Crippen LogP contribution in [-0.2, 0) is 4.74 Å². The van der Waals surface area contributed by atoms with E-state index in [4.69, 9.17) is 10.5 Å². The molecule has 0 amide bonds. The first-order valence-electron chi connectivity index (χ1n) is 4.71. The van der Waals surface area contributed by atoms with Crippen molar-refractivity contribution in [3.05, 3.63) is 0 Å². The van der Waals surface area contributed by atoms with E-state index in [1.54, 1.807) is 7.11 Å². The van der Waals surface area contributed by atoms with Crippen LogP contribution in [-0.4, -0.2) is 33.4 Å². The van der Waals surface area contributed by atoms with Crippen molar-refractivity contribution in [2.24, 2.45) is 11.7 Å². The minimum atomic E-state index is 0.692. The molecule has 0 heterocycles. The molecule has 0 aliphatic carbocycles. The Morgan fingerprint density at radius 1 is 1.50 bits per heavy atom. The summed E-state index contributed by atoms with van der Waals surface area (Å²) in [5, 5.41) is 3.37. The fourth-order valence-electron chi connectivity index (χ4n) is 1.08. The highest BCUT2D eigenvalue weighted by Crippen LogP contribution is 1.96. The number of nitrogens with two attached hydrogens (primary N) is 1. The van der Waals surface area contributed by atoms with Crippen LogP contribution < -0.4 is 11.1 Å². The maximum atomic E-state index is 5.43. The summed E-state index contributed by atoms with van der Waals surface area (Å²) in [5.74, 6) is 0.692. The van der Waals surface area contributed by atoms with Gasteiger partial charge in [-0.1, -0.05) is 6.92 Å². The molecule has 0 spiro atoms. The van der Waals surface area contributed by atoms with Crippen LogP contribution in [0, 0.1) is 5.92 Å². The molecule has 0 aromatic carbocycles. The summed E-state index contributed by atoms with van der Waals surface area (Å²) in [5.41, 5.74) is 5.43. The van der Waals surface area contributed by atoms with Crippen LogP contribution in [0.2, 0.25) is 0 Å². The summed E-state index contributed by atoms with van der Waals surface area (Å²) in [6, 6.07) is 0. The Morgan fingerprint density at radius 3 is 2.83 bits per heavy atom. The summed E-state index contributed by atoms with van der Waals surface area (Å²) < 4.78 is 4.94.